The van der Waals surface area contributed by atoms with E-state index in [2.05, 4.69) is 0 Å². The molecule has 2 aliphatic carbocycles. The van der Waals surface area contributed by atoms with Crippen LogP contribution in [0.5, 0.6) is 0 Å². The summed E-state index contributed by atoms with van der Waals surface area (Å²) >= 11 is 0. The van der Waals surface area contributed by atoms with Crippen LogP contribution in [0.2, 0.25) is 0 Å². The Bertz CT molecular complexity index is 1020. The summed E-state index contributed by atoms with van der Waals surface area (Å²) in [6.07, 6.45) is -4.64. The monoisotopic (exact) mass is 524 g/mol. The summed E-state index contributed by atoms with van der Waals surface area (Å²) < 4.78 is 34.2. The highest BCUT2D eigenvalue weighted by molar-refractivity contribution is 5.90. The van der Waals surface area contributed by atoms with Gasteiger partial charge in [-0.15, -0.1) is 0 Å². The lowest BCUT2D eigenvalue weighted by Gasteiger charge is -2.43. The van der Waals surface area contributed by atoms with Crippen molar-refractivity contribution in [1.29, 1.82) is 0 Å². The maximum atomic E-state index is 13.2. The van der Waals surface area contributed by atoms with Crippen LogP contribution in [0.15, 0.2) is 23.5 Å². The highest BCUT2D eigenvalue weighted by atomic mass is 16.8. The standard InChI is InChI=1S/C25H32O12/c1-9(10-3-4-11-13(10)8-33-22(11)31)21(30)35-19-12-5-6-32-23(15(12)25(2)20(19)37-25)36-24-18(29)17(28)16(27)14(7-26)34-24/h5-6,11-20,23-24,26-29H,3-4,7-8H2,1-2H3/b10-9-/t11-,12+,13+,14-,15+,16-,17+,18-,19+,20+,23+,24+,25-/m1/s1. The van der Waals surface area contributed by atoms with Gasteiger partial charge in [0.15, 0.2) is 6.29 Å². The van der Waals surface area contributed by atoms with Gasteiger partial charge in [-0.1, -0.05) is 5.57 Å². The van der Waals surface area contributed by atoms with Crippen molar-refractivity contribution in [3.05, 3.63) is 23.5 Å². The van der Waals surface area contributed by atoms with E-state index in [0.717, 1.165) is 5.57 Å². The summed E-state index contributed by atoms with van der Waals surface area (Å²) in [7, 11) is 0. The molecule has 0 unspecified atom stereocenters. The lowest BCUT2D eigenvalue weighted by Crippen LogP contribution is -2.60. The molecule has 0 amide bonds. The van der Waals surface area contributed by atoms with Crippen LogP contribution in [0.4, 0.5) is 0 Å². The number of ether oxygens (including phenoxy) is 6. The van der Waals surface area contributed by atoms with Crippen LogP contribution in [0.25, 0.3) is 0 Å². The molecule has 0 radical (unpaired) electrons. The second-order valence-electron chi connectivity index (χ2n) is 10.9. The first-order chi connectivity index (χ1) is 17.7. The second kappa shape index (κ2) is 9.01. The largest absolute Gasteiger partial charge is 0.472 e. The van der Waals surface area contributed by atoms with Gasteiger partial charge in [-0.2, -0.15) is 0 Å². The van der Waals surface area contributed by atoms with Gasteiger partial charge in [-0.25, -0.2) is 4.79 Å². The molecule has 4 N–H and O–H groups in total. The zero-order valence-electron chi connectivity index (χ0n) is 20.5. The lowest BCUT2D eigenvalue weighted by molar-refractivity contribution is -0.344. The van der Waals surface area contributed by atoms with Gasteiger partial charge in [-0.05, 0) is 32.8 Å². The minimum Gasteiger partial charge on any atom is -0.472 e. The zero-order chi connectivity index (χ0) is 26.2. The molecule has 204 valence electrons. The lowest BCUT2D eigenvalue weighted by atomic mass is 9.86. The Hall–Kier alpha value is -2.06. The number of hydrogen-bond acceptors (Lipinski definition) is 12. The predicted octanol–water partition coefficient (Wildman–Crippen LogP) is -1.11. The Balaban J connectivity index is 1.17. The summed E-state index contributed by atoms with van der Waals surface area (Å²) in [5, 5.41) is 40.0. The molecule has 0 aromatic carbocycles. The van der Waals surface area contributed by atoms with Crippen LogP contribution in [-0.4, -0.2) is 100 Å². The van der Waals surface area contributed by atoms with Gasteiger partial charge in [0.2, 0.25) is 6.29 Å². The molecule has 0 aromatic heterocycles. The second-order valence-corrected chi connectivity index (χ2v) is 10.9. The minimum atomic E-state index is -1.59. The van der Waals surface area contributed by atoms with E-state index < -0.39 is 73.3 Å². The summed E-state index contributed by atoms with van der Waals surface area (Å²) in [5.74, 6) is -1.70. The van der Waals surface area contributed by atoms with Crippen molar-refractivity contribution < 1.29 is 58.4 Å². The summed E-state index contributed by atoms with van der Waals surface area (Å²) in [5.41, 5.74) is 0.660. The van der Waals surface area contributed by atoms with Crippen molar-refractivity contribution in [2.75, 3.05) is 13.2 Å². The van der Waals surface area contributed by atoms with Crippen LogP contribution in [0, 0.1) is 23.7 Å². The molecule has 2 saturated carbocycles. The Morgan fingerprint density at radius 2 is 1.95 bits per heavy atom. The molecule has 6 rings (SSSR count). The van der Waals surface area contributed by atoms with E-state index in [4.69, 9.17) is 28.4 Å². The normalized spacial score (nSPS) is 51.0. The number of cyclic esters (lactones) is 1. The number of hydrogen-bond donors (Lipinski definition) is 4. The molecule has 6 aliphatic rings. The summed E-state index contributed by atoms with van der Waals surface area (Å²) in [6.45, 7) is 3.29. The van der Waals surface area contributed by atoms with Gasteiger partial charge in [0.25, 0.3) is 0 Å². The highest BCUT2D eigenvalue weighted by Gasteiger charge is 2.75. The van der Waals surface area contributed by atoms with E-state index in [0.29, 0.717) is 25.0 Å². The first-order valence-corrected chi connectivity index (χ1v) is 12.7. The highest BCUT2D eigenvalue weighted by Crippen LogP contribution is 2.60. The third kappa shape index (κ3) is 3.84. The Morgan fingerprint density at radius 3 is 2.70 bits per heavy atom. The fraction of sp³-hybridized carbons (Fsp3) is 0.760. The van der Waals surface area contributed by atoms with Crippen LogP contribution in [0.3, 0.4) is 0 Å². The number of epoxide rings is 1. The zero-order valence-corrected chi connectivity index (χ0v) is 20.5. The van der Waals surface area contributed by atoms with Crippen LogP contribution < -0.4 is 0 Å². The molecular weight excluding hydrogens is 492 g/mol. The molecule has 0 spiro atoms. The third-order valence-corrected chi connectivity index (χ3v) is 8.96. The Kier molecular flexibility index (Phi) is 6.14. The maximum Gasteiger partial charge on any atom is 0.334 e. The Labute approximate surface area is 212 Å². The molecule has 0 aromatic rings. The van der Waals surface area contributed by atoms with E-state index >= 15 is 0 Å². The maximum absolute atomic E-state index is 13.2. The smallest absolute Gasteiger partial charge is 0.334 e. The third-order valence-electron chi connectivity index (χ3n) is 8.96. The van der Waals surface area contributed by atoms with Gasteiger partial charge < -0.3 is 48.8 Å². The van der Waals surface area contributed by atoms with Gasteiger partial charge in [0.05, 0.1) is 31.3 Å². The molecule has 5 fully saturated rings. The van der Waals surface area contributed by atoms with Crippen LogP contribution in [-0.2, 0) is 38.0 Å². The fourth-order valence-electron chi connectivity index (χ4n) is 6.76. The number of fused-ring (bicyclic) bond motifs is 4. The summed E-state index contributed by atoms with van der Waals surface area (Å²) in [4.78, 5) is 25.1. The number of carbonyl (C=O) groups excluding carboxylic acids is 2. The van der Waals surface area contributed by atoms with E-state index in [1.54, 1.807) is 13.0 Å². The fourth-order valence-corrected chi connectivity index (χ4v) is 6.76. The average molecular weight is 525 g/mol. The summed E-state index contributed by atoms with van der Waals surface area (Å²) in [6, 6.07) is 0. The Morgan fingerprint density at radius 1 is 1.16 bits per heavy atom. The average Bonchev–Trinajstić information content (AvgIpc) is 3.15. The van der Waals surface area contributed by atoms with E-state index in [1.807, 2.05) is 6.92 Å². The predicted molar refractivity (Wildman–Crippen MR) is 119 cm³/mol. The van der Waals surface area contributed by atoms with Crippen molar-refractivity contribution in [1.82, 2.24) is 0 Å². The van der Waals surface area contributed by atoms with Crippen LogP contribution in [0.1, 0.15) is 26.7 Å². The van der Waals surface area contributed by atoms with E-state index in [-0.39, 0.29) is 23.7 Å². The molecular formula is C25H32O12. The molecule has 13 atom stereocenters. The van der Waals surface area contributed by atoms with Crippen molar-refractivity contribution in [3.63, 3.8) is 0 Å². The van der Waals surface area contributed by atoms with Gasteiger partial charge >= 0.3 is 11.9 Å². The molecule has 0 bridgehead atoms. The molecule has 37 heavy (non-hydrogen) atoms. The molecule has 3 saturated heterocycles. The molecule has 12 nitrogen and oxygen atoms in total. The van der Waals surface area contributed by atoms with Crippen LogP contribution >= 0.6 is 0 Å². The number of rotatable bonds is 5. The number of aliphatic hydroxyl groups is 4. The van der Waals surface area contributed by atoms with E-state index in [1.165, 1.54) is 6.26 Å². The first-order valence-electron chi connectivity index (χ1n) is 12.7. The van der Waals surface area contributed by atoms with Gasteiger partial charge in [0, 0.05) is 17.4 Å². The topological polar surface area (TPSA) is 174 Å². The number of esters is 2. The quantitative estimate of drug-likeness (QED) is 0.194. The van der Waals surface area contributed by atoms with Crippen molar-refractivity contribution >= 4 is 11.9 Å². The first kappa shape index (κ1) is 25.2. The van der Waals surface area contributed by atoms with Crippen molar-refractivity contribution in [2.24, 2.45) is 23.7 Å². The van der Waals surface area contributed by atoms with Gasteiger partial charge in [0.1, 0.15) is 42.2 Å². The number of carbonyl (C=O) groups is 2. The number of aliphatic hydroxyl groups excluding tert-OH is 4. The minimum absolute atomic E-state index is 0.0851. The molecule has 12 heteroatoms. The van der Waals surface area contributed by atoms with Crippen molar-refractivity contribution in [3.8, 4) is 0 Å². The van der Waals surface area contributed by atoms with Gasteiger partial charge in [-0.3, -0.25) is 4.79 Å². The molecule has 4 heterocycles. The van der Waals surface area contributed by atoms with Crippen molar-refractivity contribution in [2.45, 2.75) is 81.5 Å². The molecule has 4 aliphatic heterocycles. The SMILES string of the molecule is C/C(C(=O)O[C@H]1[C@H]2C=CO[C@@H](O[C@@H]3O[C@H](CO)[C@@H](O)[C@H](O)[C@H]3O)[C@H]2[C@@]2(C)O[C@@H]12)=C1\CC[C@H]2C(=O)OC[C@@H]12. The van der Waals surface area contributed by atoms with E-state index in [9.17, 15) is 30.0 Å².